The highest BCUT2D eigenvalue weighted by Crippen LogP contribution is 2.31. The standard InChI is InChI=1S/C13H19Br2NO3S/c1-5-16(8-13(3,4)17)20(18,19)12-7-10(14)9(2)6-11(12)15/h6-7,17H,5,8H2,1-4H3. The van der Waals surface area contributed by atoms with Crippen LogP contribution >= 0.6 is 31.9 Å². The minimum absolute atomic E-state index is 0.0454. The second kappa shape index (κ2) is 6.44. The molecule has 0 saturated carbocycles. The van der Waals surface area contributed by atoms with E-state index in [1.54, 1.807) is 32.9 Å². The van der Waals surface area contributed by atoms with Gasteiger partial charge in [-0.2, -0.15) is 4.31 Å². The summed E-state index contributed by atoms with van der Waals surface area (Å²) >= 11 is 6.66. The van der Waals surface area contributed by atoms with Crippen LogP contribution in [0.5, 0.6) is 0 Å². The van der Waals surface area contributed by atoms with E-state index in [1.165, 1.54) is 4.31 Å². The van der Waals surface area contributed by atoms with Crippen LogP contribution in [0.2, 0.25) is 0 Å². The number of rotatable bonds is 5. The molecular formula is C13H19Br2NO3S. The number of sulfonamides is 1. The lowest BCUT2D eigenvalue weighted by Gasteiger charge is -2.27. The molecule has 0 aliphatic rings. The Labute approximate surface area is 137 Å². The number of nitrogens with zero attached hydrogens (tertiary/aromatic N) is 1. The summed E-state index contributed by atoms with van der Waals surface area (Å²) in [5.41, 5.74) is -0.140. The van der Waals surface area contributed by atoms with Crippen molar-refractivity contribution < 1.29 is 13.5 Å². The highest BCUT2D eigenvalue weighted by molar-refractivity contribution is 9.11. The van der Waals surface area contributed by atoms with Crippen LogP contribution in [0.1, 0.15) is 26.3 Å². The van der Waals surface area contributed by atoms with Crippen molar-refractivity contribution in [2.45, 2.75) is 38.2 Å². The predicted molar refractivity (Wildman–Crippen MR) is 87.3 cm³/mol. The van der Waals surface area contributed by atoms with E-state index >= 15 is 0 Å². The van der Waals surface area contributed by atoms with Crippen molar-refractivity contribution in [3.05, 3.63) is 26.6 Å². The third-order valence-electron chi connectivity index (χ3n) is 2.75. The minimum Gasteiger partial charge on any atom is -0.389 e. The molecule has 0 aliphatic heterocycles. The van der Waals surface area contributed by atoms with E-state index in [0.29, 0.717) is 11.0 Å². The second-order valence-corrected chi connectivity index (χ2v) is 8.89. The normalized spacial score (nSPS) is 13.0. The van der Waals surface area contributed by atoms with E-state index in [0.717, 1.165) is 10.0 Å². The first-order valence-corrected chi connectivity index (χ1v) is 9.20. The first kappa shape index (κ1) is 18.1. The molecule has 0 fully saturated rings. The zero-order valence-electron chi connectivity index (χ0n) is 11.9. The minimum atomic E-state index is -3.66. The molecule has 114 valence electrons. The molecule has 0 aliphatic carbocycles. The number of hydrogen-bond donors (Lipinski definition) is 1. The summed E-state index contributed by atoms with van der Waals surface area (Å²) < 4.78 is 27.9. The van der Waals surface area contributed by atoms with Gasteiger partial charge in [-0.05, 0) is 54.4 Å². The van der Waals surface area contributed by atoms with Crippen LogP contribution < -0.4 is 0 Å². The Hall–Kier alpha value is 0.0500. The van der Waals surface area contributed by atoms with Gasteiger partial charge in [-0.3, -0.25) is 0 Å². The Balaban J connectivity index is 3.31. The number of benzene rings is 1. The van der Waals surface area contributed by atoms with Crippen molar-refractivity contribution in [3.8, 4) is 0 Å². The Bertz CT molecular complexity index is 594. The quantitative estimate of drug-likeness (QED) is 0.782. The van der Waals surface area contributed by atoms with Crippen LogP contribution in [-0.4, -0.2) is 36.5 Å². The van der Waals surface area contributed by atoms with E-state index in [2.05, 4.69) is 31.9 Å². The fraction of sp³-hybridized carbons (Fsp3) is 0.538. The van der Waals surface area contributed by atoms with Crippen molar-refractivity contribution in [1.29, 1.82) is 0 Å². The molecule has 0 saturated heterocycles. The SMILES string of the molecule is CCN(CC(C)(C)O)S(=O)(=O)c1cc(Br)c(C)cc1Br. The molecule has 1 aromatic carbocycles. The lowest BCUT2D eigenvalue weighted by atomic mass is 10.1. The maximum absolute atomic E-state index is 12.7. The van der Waals surface area contributed by atoms with Gasteiger partial charge >= 0.3 is 0 Å². The number of likely N-dealkylation sites (N-methyl/N-ethyl adjacent to an activating group) is 1. The fourth-order valence-electron chi connectivity index (χ4n) is 1.76. The van der Waals surface area contributed by atoms with E-state index in [4.69, 9.17) is 0 Å². The Kier molecular flexibility index (Phi) is 5.83. The van der Waals surface area contributed by atoms with E-state index < -0.39 is 15.6 Å². The van der Waals surface area contributed by atoms with Gasteiger partial charge in [0, 0.05) is 22.0 Å². The highest BCUT2D eigenvalue weighted by atomic mass is 79.9. The average Bonchev–Trinajstić information content (AvgIpc) is 2.29. The van der Waals surface area contributed by atoms with Crippen LogP contribution in [0, 0.1) is 6.92 Å². The molecule has 0 bridgehead atoms. The molecule has 4 nitrogen and oxygen atoms in total. The summed E-state index contributed by atoms with van der Waals surface area (Å²) in [6.07, 6.45) is 0. The molecule has 0 atom stereocenters. The van der Waals surface area contributed by atoms with Crippen LogP contribution in [-0.2, 0) is 10.0 Å². The monoisotopic (exact) mass is 427 g/mol. The number of halogens is 2. The Morgan fingerprint density at radius 2 is 1.80 bits per heavy atom. The van der Waals surface area contributed by atoms with Crippen molar-refractivity contribution in [3.63, 3.8) is 0 Å². The Morgan fingerprint density at radius 3 is 2.25 bits per heavy atom. The Morgan fingerprint density at radius 1 is 1.25 bits per heavy atom. The van der Waals surface area contributed by atoms with Gasteiger partial charge in [0.1, 0.15) is 0 Å². The van der Waals surface area contributed by atoms with Gasteiger partial charge < -0.3 is 5.11 Å². The average molecular weight is 429 g/mol. The summed E-state index contributed by atoms with van der Waals surface area (Å²) in [6.45, 7) is 7.16. The van der Waals surface area contributed by atoms with Gasteiger partial charge in [-0.1, -0.05) is 22.9 Å². The molecule has 20 heavy (non-hydrogen) atoms. The first-order chi connectivity index (χ1) is 8.99. The van der Waals surface area contributed by atoms with E-state index in [9.17, 15) is 13.5 Å². The van der Waals surface area contributed by atoms with Gasteiger partial charge in [0.2, 0.25) is 10.0 Å². The molecule has 0 aromatic heterocycles. The molecule has 7 heteroatoms. The maximum atomic E-state index is 12.7. The molecule has 0 amide bonds. The van der Waals surface area contributed by atoms with Gasteiger partial charge in [-0.15, -0.1) is 0 Å². The summed E-state index contributed by atoms with van der Waals surface area (Å²) in [4.78, 5) is 0.195. The zero-order valence-corrected chi connectivity index (χ0v) is 15.9. The molecule has 0 unspecified atom stereocenters. The first-order valence-electron chi connectivity index (χ1n) is 6.17. The molecule has 0 spiro atoms. The lowest BCUT2D eigenvalue weighted by Crippen LogP contribution is -2.42. The van der Waals surface area contributed by atoms with Crippen LogP contribution in [0.25, 0.3) is 0 Å². The molecule has 1 aromatic rings. The highest BCUT2D eigenvalue weighted by Gasteiger charge is 2.30. The van der Waals surface area contributed by atoms with Crippen LogP contribution in [0.4, 0.5) is 0 Å². The second-order valence-electron chi connectivity index (χ2n) is 5.28. The largest absolute Gasteiger partial charge is 0.389 e. The lowest BCUT2D eigenvalue weighted by molar-refractivity contribution is 0.0601. The molecule has 0 radical (unpaired) electrons. The predicted octanol–water partition coefficient (Wildman–Crippen LogP) is 3.30. The molecular weight excluding hydrogens is 410 g/mol. The molecule has 1 N–H and O–H groups in total. The van der Waals surface area contributed by atoms with E-state index in [1.807, 2.05) is 6.92 Å². The van der Waals surface area contributed by atoms with Crippen LogP contribution in [0.3, 0.4) is 0 Å². The fourth-order valence-corrected chi connectivity index (χ4v) is 5.01. The number of aliphatic hydroxyl groups is 1. The third kappa shape index (κ3) is 4.27. The van der Waals surface area contributed by atoms with Crippen LogP contribution in [0.15, 0.2) is 26.0 Å². The summed E-state index contributed by atoms with van der Waals surface area (Å²) in [5.74, 6) is 0. The van der Waals surface area contributed by atoms with Gasteiger partial charge in [0.15, 0.2) is 0 Å². The number of aryl methyl sites for hydroxylation is 1. The van der Waals surface area contributed by atoms with Crippen molar-refractivity contribution in [2.24, 2.45) is 0 Å². The summed E-state index contributed by atoms with van der Waals surface area (Å²) in [5, 5.41) is 9.87. The van der Waals surface area contributed by atoms with Crippen molar-refractivity contribution in [2.75, 3.05) is 13.1 Å². The van der Waals surface area contributed by atoms with Crippen molar-refractivity contribution in [1.82, 2.24) is 4.31 Å². The van der Waals surface area contributed by atoms with E-state index in [-0.39, 0.29) is 11.4 Å². The zero-order chi connectivity index (χ0) is 15.7. The smallest absolute Gasteiger partial charge is 0.244 e. The van der Waals surface area contributed by atoms with Gasteiger partial charge in [0.05, 0.1) is 10.5 Å². The summed E-state index contributed by atoms with van der Waals surface area (Å²) in [6, 6.07) is 3.34. The summed E-state index contributed by atoms with van der Waals surface area (Å²) in [7, 11) is -3.66. The molecule has 0 heterocycles. The number of hydrogen-bond acceptors (Lipinski definition) is 3. The maximum Gasteiger partial charge on any atom is 0.244 e. The topological polar surface area (TPSA) is 57.6 Å². The van der Waals surface area contributed by atoms with Gasteiger partial charge in [-0.25, -0.2) is 8.42 Å². The van der Waals surface area contributed by atoms with Gasteiger partial charge in [0.25, 0.3) is 0 Å². The third-order valence-corrected chi connectivity index (χ3v) is 6.48. The van der Waals surface area contributed by atoms with Crippen molar-refractivity contribution >= 4 is 41.9 Å². The molecule has 1 rings (SSSR count).